The lowest BCUT2D eigenvalue weighted by atomic mass is 10.1. The largest absolute Gasteiger partial charge is 0.462 e. The number of aromatic nitrogens is 2. The minimum Gasteiger partial charge on any atom is -0.462 e. The molecule has 128 valence electrons. The van der Waals surface area contributed by atoms with Crippen LogP contribution < -0.4 is 4.74 Å². The number of halogens is 2. The third kappa shape index (κ3) is 2.21. The quantitative estimate of drug-likeness (QED) is 0.509. The molecule has 1 unspecified atom stereocenters. The van der Waals surface area contributed by atoms with Crippen LogP contribution in [0.4, 0.5) is 4.39 Å². The van der Waals surface area contributed by atoms with Gasteiger partial charge in [0.05, 0.1) is 17.8 Å². The highest BCUT2D eigenvalue weighted by molar-refractivity contribution is 6.29. The summed E-state index contributed by atoms with van der Waals surface area (Å²) >= 11 is 6.01. The molecule has 3 aromatic rings. The van der Waals surface area contributed by atoms with Gasteiger partial charge < -0.3 is 9.47 Å². The smallest absolute Gasteiger partial charge is 0.372 e. The molecule has 1 aliphatic rings. The number of hydrogen-bond acceptors (Lipinski definition) is 4. The first kappa shape index (κ1) is 15.9. The molecule has 2 aromatic heterocycles. The van der Waals surface area contributed by atoms with E-state index in [-0.39, 0.29) is 11.8 Å². The number of rotatable bonds is 2. The minimum absolute atomic E-state index is 0.201. The van der Waals surface area contributed by atoms with Crippen molar-refractivity contribution >= 4 is 28.5 Å². The van der Waals surface area contributed by atoms with Crippen molar-refractivity contribution in [3.63, 3.8) is 0 Å². The van der Waals surface area contributed by atoms with E-state index >= 15 is 0 Å². The normalized spacial score (nSPS) is 18.4. The van der Waals surface area contributed by atoms with E-state index < -0.39 is 17.5 Å². The first-order chi connectivity index (χ1) is 12.0. The van der Waals surface area contributed by atoms with Crippen LogP contribution in [0.25, 0.3) is 22.3 Å². The van der Waals surface area contributed by atoms with Gasteiger partial charge in [0.15, 0.2) is 5.75 Å². The zero-order chi connectivity index (χ0) is 17.8. The Bertz CT molecular complexity index is 1020. The number of benzene rings is 1. The first-order valence-electron chi connectivity index (χ1n) is 7.79. The maximum atomic E-state index is 14.3. The third-order valence-electron chi connectivity index (χ3n) is 4.25. The fourth-order valence-corrected chi connectivity index (χ4v) is 3.32. The standard InChI is InChI=1S/C18H14ClFN2O3/c1-3-24-17(23)18(2)22-12-6-4-5-11(20)10(12)9-13(22)16-14(25-18)7-8-15(19)21-16/h4-9H,3H2,1-2H3. The van der Waals surface area contributed by atoms with Crippen molar-refractivity contribution in [1.82, 2.24) is 9.55 Å². The van der Waals surface area contributed by atoms with E-state index in [9.17, 15) is 9.18 Å². The summed E-state index contributed by atoms with van der Waals surface area (Å²) in [5.74, 6) is -0.580. The zero-order valence-electron chi connectivity index (χ0n) is 13.5. The van der Waals surface area contributed by atoms with Crippen molar-refractivity contribution in [2.24, 2.45) is 0 Å². The molecule has 0 saturated heterocycles. The van der Waals surface area contributed by atoms with Gasteiger partial charge in [0, 0.05) is 12.3 Å². The first-order valence-corrected chi connectivity index (χ1v) is 8.17. The Balaban J connectivity index is 2.09. The van der Waals surface area contributed by atoms with Crippen LogP contribution in [0.2, 0.25) is 5.15 Å². The van der Waals surface area contributed by atoms with Gasteiger partial charge in [-0.2, -0.15) is 0 Å². The summed E-state index contributed by atoms with van der Waals surface area (Å²) in [7, 11) is 0. The molecule has 1 aromatic carbocycles. The van der Waals surface area contributed by atoms with Gasteiger partial charge in [-0.1, -0.05) is 17.7 Å². The number of hydrogen-bond donors (Lipinski definition) is 0. The molecule has 3 heterocycles. The van der Waals surface area contributed by atoms with E-state index in [4.69, 9.17) is 21.1 Å². The number of nitrogens with zero attached hydrogens (tertiary/aromatic N) is 2. The van der Waals surface area contributed by atoms with E-state index in [0.717, 1.165) is 0 Å². The second kappa shape index (κ2) is 5.46. The van der Waals surface area contributed by atoms with E-state index in [1.807, 2.05) is 0 Å². The minimum atomic E-state index is -1.48. The van der Waals surface area contributed by atoms with Crippen molar-refractivity contribution in [3.05, 3.63) is 47.4 Å². The van der Waals surface area contributed by atoms with E-state index in [0.29, 0.717) is 28.0 Å². The summed E-state index contributed by atoms with van der Waals surface area (Å²) in [4.78, 5) is 17.0. The average Bonchev–Trinajstić information content (AvgIpc) is 2.98. The van der Waals surface area contributed by atoms with E-state index in [2.05, 4.69) is 4.98 Å². The monoisotopic (exact) mass is 360 g/mol. The molecule has 4 rings (SSSR count). The number of fused-ring (bicyclic) bond motifs is 5. The van der Waals surface area contributed by atoms with Gasteiger partial charge in [0.25, 0.3) is 5.72 Å². The lowest BCUT2D eigenvalue weighted by Gasteiger charge is -2.36. The van der Waals surface area contributed by atoms with E-state index in [1.165, 1.54) is 6.07 Å². The van der Waals surface area contributed by atoms with Crippen LogP contribution >= 0.6 is 11.6 Å². The molecule has 0 amide bonds. The van der Waals surface area contributed by atoms with Crippen LogP contribution in [0.15, 0.2) is 36.4 Å². The highest BCUT2D eigenvalue weighted by Gasteiger charge is 2.46. The summed E-state index contributed by atoms with van der Waals surface area (Å²) in [5, 5.41) is 0.644. The fraction of sp³-hybridized carbons (Fsp3) is 0.222. The molecular formula is C18H14ClFN2O3. The number of carbonyl (C=O) groups is 1. The second-order valence-electron chi connectivity index (χ2n) is 5.82. The zero-order valence-corrected chi connectivity index (χ0v) is 14.3. The Morgan fingerprint density at radius 3 is 2.96 bits per heavy atom. The van der Waals surface area contributed by atoms with Crippen LogP contribution in [-0.4, -0.2) is 22.1 Å². The van der Waals surface area contributed by atoms with Gasteiger partial charge in [-0.05, 0) is 37.3 Å². The summed E-state index contributed by atoms with van der Waals surface area (Å²) < 4.78 is 27.1. The molecular weight excluding hydrogens is 347 g/mol. The Morgan fingerprint density at radius 1 is 1.40 bits per heavy atom. The molecule has 25 heavy (non-hydrogen) atoms. The molecule has 0 spiro atoms. The van der Waals surface area contributed by atoms with Gasteiger partial charge in [0.2, 0.25) is 0 Å². The van der Waals surface area contributed by atoms with Crippen molar-refractivity contribution in [3.8, 4) is 17.1 Å². The maximum Gasteiger partial charge on any atom is 0.372 e. The van der Waals surface area contributed by atoms with Crippen molar-refractivity contribution in [2.75, 3.05) is 6.61 Å². The van der Waals surface area contributed by atoms with Gasteiger partial charge >= 0.3 is 5.97 Å². The predicted octanol–water partition coefficient (Wildman–Crippen LogP) is 4.12. The van der Waals surface area contributed by atoms with Crippen LogP contribution in [0.3, 0.4) is 0 Å². The summed E-state index contributed by atoms with van der Waals surface area (Å²) in [6, 6.07) is 9.52. The summed E-state index contributed by atoms with van der Waals surface area (Å²) in [6.07, 6.45) is 0. The van der Waals surface area contributed by atoms with Gasteiger partial charge in [-0.25, -0.2) is 14.2 Å². The molecule has 1 atom stereocenters. The molecule has 0 N–H and O–H groups in total. The topological polar surface area (TPSA) is 53.4 Å². The van der Waals surface area contributed by atoms with Gasteiger partial charge in [-0.3, -0.25) is 4.57 Å². The van der Waals surface area contributed by atoms with E-state index in [1.54, 1.807) is 48.7 Å². The molecule has 0 saturated carbocycles. The van der Waals surface area contributed by atoms with Gasteiger partial charge in [-0.15, -0.1) is 0 Å². The molecule has 0 radical (unpaired) electrons. The van der Waals surface area contributed by atoms with Crippen molar-refractivity contribution < 1.29 is 18.7 Å². The average molecular weight is 361 g/mol. The summed E-state index contributed by atoms with van der Waals surface area (Å²) in [6.45, 7) is 3.51. The van der Waals surface area contributed by atoms with Crippen LogP contribution in [-0.2, 0) is 15.3 Å². The maximum absolute atomic E-state index is 14.3. The predicted molar refractivity (Wildman–Crippen MR) is 91.0 cm³/mol. The lowest BCUT2D eigenvalue weighted by molar-refractivity contribution is -0.169. The number of esters is 1. The Kier molecular flexibility index (Phi) is 3.47. The number of carbonyl (C=O) groups excluding carboxylic acids is 1. The van der Waals surface area contributed by atoms with Crippen LogP contribution in [0, 0.1) is 5.82 Å². The van der Waals surface area contributed by atoms with Crippen molar-refractivity contribution in [2.45, 2.75) is 19.6 Å². The summed E-state index contributed by atoms with van der Waals surface area (Å²) in [5.41, 5.74) is 0.0193. The molecule has 5 nitrogen and oxygen atoms in total. The Hall–Kier alpha value is -2.60. The molecule has 7 heteroatoms. The molecule has 1 aliphatic heterocycles. The molecule has 0 bridgehead atoms. The number of ether oxygens (including phenoxy) is 2. The molecule has 0 fully saturated rings. The van der Waals surface area contributed by atoms with Crippen LogP contribution in [0.5, 0.6) is 5.75 Å². The number of pyridine rings is 1. The lowest BCUT2D eigenvalue weighted by Crippen LogP contribution is -2.47. The Morgan fingerprint density at radius 2 is 2.20 bits per heavy atom. The van der Waals surface area contributed by atoms with Crippen molar-refractivity contribution in [1.29, 1.82) is 0 Å². The fourth-order valence-electron chi connectivity index (χ4n) is 3.17. The Labute approximate surface area is 147 Å². The third-order valence-corrected chi connectivity index (χ3v) is 4.46. The van der Waals surface area contributed by atoms with Gasteiger partial charge in [0.1, 0.15) is 16.7 Å². The second-order valence-corrected chi connectivity index (χ2v) is 6.21. The highest BCUT2D eigenvalue weighted by Crippen LogP contribution is 2.44. The SMILES string of the molecule is CCOC(=O)C1(C)Oc2ccc(Cl)nc2-c2cc3c(F)cccc3n21. The highest BCUT2D eigenvalue weighted by atomic mass is 35.5. The van der Waals surface area contributed by atoms with Crippen LogP contribution in [0.1, 0.15) is 13.8 Å². The molecule has 0 aliphatic carbocycles.